The molecule has 2 atom stereocenters. The molecular formula is C19H30N4O2. The predicted molar refractivity (Wildman–Crippen MR) is 96.3 cm³/mol. The second-order valence-electron chi connectivity index (χ2n) is 7.84. The first-order valence-corrected chi connectivity index (χ1v) is 9.93. The summed E-state index contributed by atoms with van der Waals surface area (Å²) < 4.78 is 7.30. The van der Waals surface area contributed by atoms with Crippen LogP contribution >= 0.6 is 0 Å². The molecule has 1 amide bonds. The molecule has 4 rings (SSSR count). The van der Waals surface area contributed by atoms with Gasteiger partial charge in [0.15, 0.2) is 0 Å². The highest BCUT2D eigenvalue weighted by Gasteiger charge is 2.47. The summed E-state index contributed by atoms with van der Waals surface area (Å²) in [7, 11) is 0. The number of morpholine rings is 1. The van der Waals surface area contributed by atoms with Gasteiger partial charge in [-0.3, -0.25) is 14.4 Å². The molecule has 6 heteroatoms. The van der Waals surface area contributed by atoms with E-state index in [1.807, 2.05) is 10.9 Å². The van der Waals surface area contributed by atoms with E-state index in [0.29, 0.717) is 5.92 Å². The number of carbonyl (C=O) groups excluding carboxylic acids is 1. The molecule has 0 aromatic carbocycles. The lowest BCUT2D eigenvalue weighted by Crippen LogP contribution is -2.38. The number of hydrogen-bond acceptors (Lipinski definition) is 4. The number of carbonyl (C=O) groups is 1. The predicted octanol–water partition coefficient (Wildman–Crippen LogP) is 2.37. The van der Waals surface area contributed by atoms with Crippen molar-refractivity contribution in [2.75, 3.05) is 38.2 Å². The molecule has 2 heterocycles. The van der Waals surface area contributed by atoms with Crippen molar-refractivity contribution in [2.45, 2.75) is 45.1 Å². The molecule has 1 aliphatic heterocycles. The third kappa shape index (κ3) is 4.42. The highest BCUT2D eigenvalue weighted by molar-refractivity contribution is 5.94. The van der Waals surface area contributed by atoms with Crippen LogP contribution in [0.1, 0.15) is 38.5 Å². The molecule has 6 nitrogen and oxygen atoms in total. The number of nitrogens with one attached hydrogen (secondary N) is 1. The lowest BCUT2D eigenvalue weighted by molar-refractivity contribution is -0.117. The van der Waals surface area contributed by atoms with Gasteiger partial charge in [-0.2, -0.15) is 5.10 Å². The Hall–Kier alpha value is -1.40. The van der Waals surface area contributed by atoms with Gasteiger partial charge in [-0.05, 0) is 18.3 Å². The summed E-state index contributed by atoms with van der Waals surface area (Å²) >= 11 is 0. The molecule has 0 unspecified atom stereocenters. The number of aromatic nitrogens is 2. The maximum atomic E-state index is 12.5. The molecule has 1 N–H and O–H groups in total. The van der Waals surface area contributed by atoms with Gasteiger partial charge in [0.2, 0.25) is 5.91 Å². The minimum absolute atomic E-state index is 0.198. The van der Waals surface area contributed by atoms with Crippen LogP contribution in [0.5, 0.6) is 0 Å². The fraction of sp³-hybridized carbons (Fsp3) is 0.789. The Bertz CT molecular complexity index is 576. The largest absolute Gasteiger partial charge is 0.379 e. The first-order valence-electron chi connectivity index (χ1n) is 9.93. The Morgan fingerprint density at radius 1 is 1.20 bits per heavy atom. The number of hydrogen-bond donors (Lipinski definition) is 1. The van der Waals surface area contributed by atoms with Crippen LogP contribution < -0.4 is 5.32 Å². The van der Waals surface area contributed by atoms with Crippen molar-refractivity contribution >= 4 is 11.6 Å². The molecule has 3 aliphatic rings. The van der Waals surface area contributed by atoms with Crippen molar-refractivity contribution in [1.82, 2.24) is 14.7 Å². The van der Waals surface area contributed by atoms with Crippen LogP contribution in [0.2, 0.25) is 0 Å². The van der Waals surface area contributed by atoms with Crippen molar-refractivity contribution < 1.29 is 9.53 Å². The number of nitrogens with zero attached hydrogens (tertiary/aromatic N) is 3. The van der Waals surface area contributed by atoms with Crippen LogP contribution in [-0.4, -0.2) is 53.4 Å². The zero-order chi connectivity index (χ0) is 17.1. The summed E-state index contributed by atoms with van der Waals surface area (Å²) in [6, 6.07) is 0. The van der Waals surface area contributed by atoms with Crippen molar-refractivity contribution in [1.29, 1.82) is 0 Å². The smallest absolute Gasteiger partial charge is 0.227 e. The SMILES string of the molecule is O=C(Nc1cnn(CCN2CCOCC2)c1)[C@H]1C[C@H]1C1CCCCC1. The van der Waals surface area contributed by atoms with Gasteiger partial charge in [0, 0.05) is 31.7 Å². The van der Waals surface area contributed by atoms with Gasteiger partial charge < -0.3 is 10.1 Å². The average molecular weight is 346 g/mol. The summed E-state index contributed by atoms with van der Waals surface area (Å²) in [6.07, 6.45) is 11.6. The number of amides is 1. The van der Waals surface area contributed by atoms with Crippen molar-refractivity contribution in [3.8, 4) is 0 Å². The van der Waals surface area contributed by atoms with Crippen LogP contribution in [0, 0.1) is 17.8 Å². The Morgan fingerprint density at radius 3 is 2.80 bits per heavy atom. The molecule has 2 saturated carbocycles. The second kappa shape index (κ2) is 7.87. The van der Waals surface area contributed by atoms with Gasteiger partial charge in [-0.15, -0.1) is 0 Å². The summed E-state index contributed by atoms with van der Waals surface area (Å²) in [6.45, 7) is 5.47. The second-order valence-corrected chi connectivity index (χ2v) is 7.84. The minimum atomic E-state index is 0.198. The topological polar surface area (TPSA) is 59.4 Å². The van der Waals surface area contributed by atoms with Crippen LogP contribution in [0.3, 0.4) is 0 Å². The van der Waals surface area contributed by atoms with E-state index in [1.165, 1.54) is 32.1 Å². The summed E-state index contributed by atoms with van der Waals surface area (Å²) in [4.78, 5) is 14.9. The number of anilines is 1. The van der Waals surface area contributed by atoms with E-state index < -0.39 is 0 Å². The van der Waals surface area contributed by atoms with E-state index in [4.69, 9.17) is 4.74 Å². The van der Waals surface area contributed by atoms with Crippen LogP contribution in [0.15, 0.2) is 12.4 Å². The monoisotopic (exact) mass is 346 g/mol. The van der Waals surface area contributed by atoms with Crippen molar-refractivity contribution in [2.24, 2.45) is 17.8 Å². The molecular weight excluding hydrogens is 316 g/mol. The Morgan fingerprint density at radius 2 is 2.00 bits per heavy atom. The van der Waals surface area contributed by atoms with E-state index in [2.05, 4.69) is 15.3 Å². The zero-order valence-corrected chi connectivity index (χ0v) is 15.0. The average Bonchev–Trinajstić information content (AvgIpc) is 3.35. The third-order valence-corrected chi connectivity index (χ3v) is 6.08. The van der Waals surface area contributed by atoms with Gasteiger partial charge >= 0.3 is 0 Å². The van der Waals surface area contributed by atoms with Gasteiger partial charge in [-0.25, -0.2) is 0 Å². The Kier molecular flexibility index (Phi) is 5.36. The molecule has 3 fully saturated rings. The third-order valence-electron chi connectivity index (χ3n) is 6.08. The number of ether oxygens (including phenoxy) is 1. The standard InChI is InChI=1S/C19H30N4O2/c24-19(18-12-17(18)15-4-2-1-3-5-15)21-16-13-20-23(14-16)7-6-22-8-10-25-11-9-22/h13-15,17-18H,1-12H2,(H,21,24)/t17-,18-/m0/s1. The molecule has 138 valence electrons. The van der Waals surface area contributed by atoms with Crippen LogP contribution in [0.4, 0.5) is 5.69 Å². The van der Waals surface area contributed by atoms with Crippen LogP contribution in [0.25, 0.3) is 0 Å². The Balaban J connectivity index is 1.22. The molecule has 1 aromatic rings. The van der Waals surface area contributed by atoms with Gasteiger partial charge in [0.25, 0.3) is 0 Å². The molecule has 1 saturated heterocycles. The summed E-state index contributed by atoms with van der Waals surface area (Å²) in [5.41, 5.74) is 0.835. The maximum Gasteiger partial charge on any atom is 0.227 e. The minimum Gasteiger partial charge on any atom is -0.379 e. The normalized spacial score (nSPS) is 28.0. The summed E-state index contributed by atoms with van der Waals surface area (Å²) in [5, 5.41) is 7.46. The van der Waals surface area contributed by atoms with E-state index in [0.717, 1.165) is 57.4 Å². The van der Waals surface area contributed by atoms with Crippen molar-refractivity contribution in [3.63, 3.8) is 0 Å². The van der Waals surface area contributed by atoms with E-state index >= 15 is 0 Å². The first kappa shape index (κ1) is 17.0. The highest BCUT2D eigenvalue weighted by Crippen LogP contribution is 2.49. The number of rotatable bonds is 6. The fourth-order valence-electron chi connectivity index (χ4n) is 4.45. The molecule has 0 spiro atoms. The van der Waals surface area contributed by atoms with Crippen molar-refractivity contribution in [3.05, 3.63) is 12.4 Å². The van der Waals surface area contributed by atoms with E-state index in [9.17, 15) is 4.79 Å². The first-order chi connectivity index (χ1) is 12.3. The molecule has 25 heavy (non-hydrogen) atoms. The van der Waals surface area contributed by atoms with E-state index in [1.54, 1.807) is 6.20 Å². The molecule has 0 radical (unpaired) electrons. The zero-order valence-electron chi connectivity index (χ0n) is 15.0. The maximum absolute atomic E-state index is 12.5. The molecule has 0 bridgehead atoms. The highest BCUT2D eigenvalue weighted by atomic mass is 16.5. The van der Waals surface area contributed by atoms with Gasteiger partial charge in [0.1, 0.15) is 0 Å². The molecule has 1 aromatic heterocycles. The van der Waals surface area contributed by atoms with Gasteiger partial charge in [0.05, 0.1) is 31.6 Å². The van der Waals surface area contributed by atoms with Gasteiger partial charge in [-0.1, -0.05) is 32.1 Å². The fourth-order valence-corrected chi connectivity index (χ4v) is 4.45. The quantitative estimate of drug-likeness (QED) is 0.859. The molecule has 2 aliphatic carbocycles. The summed E-state index contributed by atoms with van der Waals surface area (Å²) in [5.74, 6) is 1.86. The Labute approximate surface area is 149 Å². The lowest BCUT2D eigenvalue weighted by atomic mass is 9.85. The van der Waals surface area contributed by atoms with Crippen LogP contribution in [-0.2, 0) is 16.1 Å². The van der Waals surface area contributed by atoms with E-state index in [-0.39, 0.29) is 11.8 Å². The lowest BCUT2D eigenvalue weighted by Gasteiger charge is -2.26.